The molecule has 0 atom stereocenters. The van der Waals surface area contributed by atoms with E-state index in [4.69, 9.17) is 5.84 Å². The van der Waals surface area contributed by atoms with E-state index in [9.17, 15) is 4.39 Å². The second-order valence-electron chi connectivity index (χ2n) is 9.75. The Labute approximate surface area is 210 Å². The molecule has 1 saturated carbocycles. The summed E-state index contributed by atoms with van der Waals surface area (Å²) in [6.45, 7) is 10.5. The molecule has 0 radical (unpaired) electrons. The minimum absolute atomic E-state index is 0.333. The Hall–Kier alpha value is -2.92. The molecule has 188 valence electrons. The number of halogens is 1. The summed E-state index contributed by atoms with van der Waals surface area (Å²) in [4.78, 5) is 0. The molecule has 1 aliphatic carbocycles. The van der Waals surface area contributed by atoms with E-state index in [0.29, 0.717) is 11.6 Å². The zero-order valence-electron chi connectivity index (χ0n) is 21.6. The van der Waals surface area contributed by atoms with Crippen molar-refractivity contribution in [1.82, 2.24) is 5.32 Å². The van der Waals surface area contributed by atoms with E-state index in [0.717, 1.165) is 47.4 Å². The fourth-order valence-corrected chi connectivity index (χ4v) is 4.64. The quantitative estimate of drug-likeness (QED) is 0.152. The highest BCUT2D eigenvalue weighted by atomic mass is 19.1. The largest absolute Gasteiger partial charge is 0.358 e. The topological polar surface area (TPSA) is 53.7 Å². The Morgan fingerprint density at radius 2 is 1.86 bits per heavy atom. The number of hydrogen-bond donors (Lipinski definition) is 2. The number of hydrogen-bond acceptors (Lipinski definition) is 4. The zero-order chi connectivity index (χ0) is 25.2. The summed E-state index contributed by atoms with van der Waals surface area (Å²) in [7, 11) is 0. The second kappa shape index (κ2) is 13.2. The molecule has 0 amide bonds. The van der Waals surface area contributed by atoms with Crippen LogP contribution < -0.4 is 16.3 Å². The van der Waals surface area contributed by atoms with Gasteiger partial charge in [-0.3, -0.25) is 0 Å². The van der Waals surface area contributed by atoms with Crippen molar-refractivity contribution >= 4 is 17.5 Å². The van der Waals surface area contributed by atoms with Gasteiger partial charge in [-0.2, -0.15) is 10.2 Å². The standard InChI is InChI=1S/C30H41FN4/c1-5-6-8-11-25-14-16-26(17-15-25)23(3)30(34-24(4)27-12-9-7-10-13-27)21-33-35(32)29-19-22(2)18-28(31)20-29/h14-21,27,34H,4-13,32H2,1-3H3/b30-23+,33-21-. The molecule has 0 spiro atoms. The number of hydrazone groups is 1. The van der Waals surface area contributed by atoms with Gasteiger partial charge in [-0.05, 0) is 79.8 Å². The number of nitrogens with one attached hydrogen (secondary N) is 1. The molecule has 0 saturated heterocycles. The van der Waals surface area contributed by atoms with E-state index in [1.54, 1.807) is 6.21 Å². The number of hydrazine groups is 1. The van der Waals surface area contributed by atoms with Gasteiger partial charge in [0.2, 0.25) is 0 Å². The van der Waals surface area contributed by atoms with Crippen LogP contribution in [0.3, 0.4) is 0 Å². The smallest absolute Gasteiger partial charge is 0.125 e. The molecular weight excluding hydrogens is 435 g/mol. The van der Waals surface area contributed by atoms with Gasteiger partial charge in [-0.25, -0.2) is 10.2 Å². The van der Waals surface area contributed by atoms with Crippen LogP contribution in [0, 0.1) is 18.7 Å². The molecule has 0 aliphatic heterocycles. The average molecular weight is 477 g/mol. The summed E-state index contributed by atoms with van der Waals surface area (Å²) in [5.41, 5.74) is 6.71. The van der Waals surface area contributed by atoms with Gasteiger partial charge >= 0.3 is 0 Å². The van der Waals surface area contributed by atoms with Gasteiger partial charge in [0.25, 0.3) is 0 Å². The van der Waals surface area contributed by atoms with Crippen molar-refractivity contribution < 1.29 is 4.39 Å². The molecule has 35 heavy (non-hydrogen) atoms. The normalized spacial score (nSPS) is 15.2. The number of anilines is 1. The van der Waals surface area contributed by atoms with Crippen molar-refractivity contribution in [2.24, 2.45) is 16.9 Å². The first-order chi connectivity index (χ1) is 16.9. The number of aryl methyl sites for hydroxylation is 2. The van der Waals surface area contributed by atoms with E-state index >= 15 is 0 Å². The molecule has 1 fully saturated rings. The number of allylic oxidation sites excluding steroid dienone is 3. The maximum atomic E-state index is 13.9. The van der Waals surface area contributed by atoms with Crippen molar-refractivity contribution in [1.29, 1.82) is 0 Å². The average Bonchev–Trinajstić information content (AvgIpc) is 2.86. The number of benzene rings is 2. The van der Waals surface area contributed by atoms with Crippen LogP contribution in [0.15, 0.2) is 65.5 Å². The molecule has 0 unspecified atom stereocenters. The minimum Gasteiger partial charge on any atom is -0.358 e. The summed E-state index contributed by atoms with van der Waals surface area (Å²) >= 11 is 0. The summed E-state index contributed by atoms with van der Waals surface area (Å²) in [5.74, 6) is 6.29. The zero-order valence-corrected chi connectivity index (χ0v) is 21.6. The van der Waals surface area contributed by atoms with Crippen LogP contribution in [-0.2, 0) is 6.42 Å². The maximum absolute atomic E-state index is 13.9. The van der Waals surface area contributed by atoms with E-state index in [1.165, 1.54) is 61.3 Å². The van der Waals surface area contributed by atoms with Crippen LogP contribution in [0.4, 0.5) is 10.1 Å². The SMILES string of the molecule is C=C(NC(/C=N\N(N)c1cc(C)cc(F)c1)=C(\C)c1ccc(CCCCC)cc1)C1CCCCC1. The maximum Gasteiger partial charge on any atom is 0.125 e. The van der Waals surface area contributed by atoms with E-state index < -0.39 is 0 Å². The summed E-state index contributed by atoms with van der Waals surface area (Å²) < 4.78 is 13.9. The fourth-order valence-electron chi connectivity index (χ4n) is 4.64. The number of rotatable bonds is 11. The van der Waals surface area contributed by atoms with Crippen molar-refractivity contribution in [2.75, 3.05) is 5.12 Å². The van der Waals surface area contributed by atoms with Gasteiger partial charge in [0, 0.05) is 11.8 Å². The van der Waals surface area contributed by atoms with Gasteiger partial charge in [0.1, 0.15) is 5.82 Å². The highest BCUT2D eigenvalue weighted by molar-refractivity contribution is 5.90. The number of nitrogens with zero attached hydrogens (tertiary/aromatic N) is 2. The van der Waals surface area contributed by atoms with Crippen LogP contribution >= 0.6 is 0 Å². The predicted octanol–water partition coefficient (Wildman–Crippen LogP) is 7.65. The summed E-state index contributed by atoms with van der Waals surface area (Å²) in [5, 5.41) is 9.21. The Morgan fingerprint density at radius 3 is 2.51 bits per heavy atom. The summed E-state index contributed by atoms with van der Waals surface area (Å²) in [6, 6.07) is 13.4. The third kappa shape index (κ3) is 8.07. The first-order valence-corrected chi connectivity index (χ1v) is 13.0. The van der Waals surface area contributed by atoms with Crippen LogP contribution in [-0.4, -0.2) is 6.21 Å². The highest BCUT2D eigenvalue weighted by Crippen LogP contribution is 2.29. The number of unbranched alkanes of at least 4 members (excludes halogenated alkanes) is 2. The molecule has 3 N–H and O–H groups in total. The molecule has 0 aromatic heterocycles. The van der Waals surface area contributed by atoms with Gasteiger partial charge in [-0.15, -0.1) is 0 Å². The first-order valence-electron chi connectivity index (χ1n) is 13.0. The van der Waals surface area contributed by atoms with Crippen LogP contribution in [0.25, 0.3) is 5.57 Å². The summed E-state index contributed by atoms with van der Waals surface area (Å²) in [6.07, 6.45) is 12.6. The molecule has 0 heterocycles. The van der Waals surface area contributed by atoms with E-state index in [-0.39, 0.29) is 5.82 Å². The molecule has 5 heteroatoms. The van der Waals surface area contributed by atoms with Crippen LogP contribution in [0.1, 0.15) is 81.9 Å². The molecule has 2 aromatic rings. The van der Waals surface area contributed by atoms with Gasteiger partial charge < -0.3 is 5.32 Å². The van der Waals surface area contributed by atoms with Crippen molar-refractivity contribution in [3.8, 4) is 0 Å². The Morgan fingerprint density at radius 1 is 1.14 bits per heavy atom. The predicted molar refractivity (Wildman–Crippen MR) is 147 cm³/mol. The van der Waals surface area contributed by atoms with Gasteiger partial charge in [0.05, 0.1) is 17.6 Å². The monoisotopic (exact) mass is 476 g/mol. The molecule has 0 bridgehead atoms. The lowest BCUT2D eigenvalue weighted by Gasteiger charge is -2.25. The molecule has 3 rings (SSSR count). The van der Waals surface area contributed by atoms with E-state index in [1.807, 2.05) is 13.0 Å². The lowest BCUT2D eigenvalue weighted by Crippen LogP contribution is -2.27. The van der Waals surface area contributed by atoms with Crippen LogP contribution in [0.5, 0.6) is 0 Å². The Balaban J connectivity index is 1.85. The molecule has 4 nitrogen and oxygen atoms in total. The molecular formula is C30H41FN4. The molecule has 1 aliphatic rings. The van der Waals surface area contributed by atoms with E-state index in [2.05, 4.69) is 55.1 Å². The van der Waals surface area contributed by atoms with Crippen molar-refractivity contribution in [2.45, 2.75) is 78.6 Å². The minimum atomic E-state index is -0.333. The van der Waals surface area contributed by atoms with Crippen LogP contribution in [0.2, 0.25) is 0 Å². The lowest BCUT2D eigenvalue weighted by atomic mass is 9.87. The fraction of sp³-hybridized carbons (Fsp3) is 0.433. The Bertz CT molecular complexity index is 1010. The second-order valence-corrected chi connectivity index (χ2v) is 9.75. The van der Waals surface area contributed by atoms with Gasteiger partial charge in [-0.1, -0.05) is 69.9 Å². The Kier molecular flexibility index (Phi) is 10.1. The first kappa shape index (κ1) is 26.7. The van der Waals surface area contributed by atoms with Gasteiger partial charge in [0.15, 0.2) is 0 Å². The highest BCUT2D eigenvalue weighted by Gasteiger charge is 2.18. The lowest BCUT2D eigenvalue weighted by molar-refractivity contribution is 0.393. The third-order valence-electron chi connectivity index (χ3n) is 6.86. The number of nitrogens with two attached hydrogens (primary N) is 1. The molecule has 2 aromatic carbocycles. The third-order valence-corrected chi connectivity index (χ3v) is 6.86. The van der Waals surface area contributed by atoms with Crippen molar-refractivity contribution in [3.63, 3.8) is 0 Å². The van der Waals surface area contributed by atoms with Crippen molar-refractivity contribution in [3.05, 3.63) is 82.9 Å².